The van der Waals surface area contributed by atoms with Gasteiger partial charge < -0.3 is 10.2 Å². The molecule has 0 radical (unpaired) electrons. The van der Waals surface area contributed by atoms with E-state index in [2.05, 4.69) is 14.9 Å². The quantitative estimate of drug-likeness (QED) is 0.700. The van der Waals surface area contributed by atoms with E-state index in [1.54, 1.807) is 0 Å². The number of sulfonamides is 1. The first-order chi connectivity index (χ1) is 7.77. The number of hydrogen-bond acceptors (Lipinski definition) is 4. The first-order valence-corrected chi connectivity index (χ1v) is 7.63. The Balaban J connectivity index is 2.50. The van der Waals surface area contributed by atoms with Crippen molar-refractivity contribution in [3.05, 3.63) is 0 Å². The number of rotatable bonds is 6. The molecule has 1 saturated heterocycles. The molecule has 0 spiro atoms. The SMILES string of the molecule is CNCC(C)(C)CNS(=O)(=O)C1CCN(C)C1. The lowest BCUT2D eigenvalue weighted by atomic mass is 9.94. The third kappa shape index (κ3) is 4.54. The van der Waals surface area contributed by atoms with Crippen molar-refractivity contribution in [2.75, 3.05) is 40.3 Å². The summed E-state index contributed by atoms with van der Waals surface area (Å²) in [7, 11) is 0.672. The number of nitrogens with zero attached hydrogens (tertiary/aromatic N) is 1. The van der Waals surface area contributed by atoms with Gasteiger partial charge in [-0.3, -0.25) is 0 Å². The smallest absolute Gasteiger partial charge is 0.215 e. The van der Waals surface area contributed by atoms with Crippen molar-refractivity contribution in [1.82, 2.24) is 14.9 Å². The van der Waals surface area contributed by atoms with Crippen LogP contribution in [-0.4, -0.2) is 58.8 Å². The Morgan fingerprint density at radius 2 is 2.00 bits per heavy atom. The van der Waals surface area contributed by atoms with E-state index in [0.29, 0.717) is 13.1 Å². The number of nitrogens with one attached hydrogen (secondary N) is 2. The van der Waals surface area contributed by atoms with Gasteiger partial charge in [0.2, 0.25) is 10.0 Å². The molecule has 5 nitrogen and oxygen atoms in total. The fourth-order valence-electron chi connectivity index (χ4n) is 2.10. The third-order valence-corrected chi connectivity index (χ3v) is 5.00. The van der Waals surface area contributed by atoms with Crippen LogP contribution in [0.3, 0.4) is 0 Å². The Morgan fingerprint density at radius 3 is 2.47 bits per heavy atom. The molecule has 0 bridgehead atoms. The highest BCUT2D eigenvalue weighted by molar-refractivity contribution is 7.90. The molecule has 1 aliphatic heterocycles. The molecule has 1 atom stereocenters. The second-order valence-corrected chi connectivity index (χ2v) is 7.78. The zero-order chi connectivity index (χ0) is 13.1. The fraction of sp³-hybridized carbons (Fsp3) is 1.00. The van der Waals surface area contributed by atoms with Gasteiger partial charge in [-0.05, 0) is 32.5 Å². The zero-order valence-electron chi connectivity index (χ0n) is 11.3. The molecule has 6 heteroatoms. The number of likely N-dealkylation sites (tertiary alicyclic amines) is 1. The first kappa shape index (κ1) is 14.9. The van der Waals surface area contributed by atoms with E-state index in [1.165, 1.54) is 0 Å². The standard InChI is InChI=1S/C11H25N3O2S/c1-11(2,8-12-3)9-13-17(15,16)10-5-6-14(4)7-10/h10,12-13H,5-9H2,1-4H3. The van der Waals surface area contributed by atoms with Gasteiger partial charge in [-0.2, -0.15) is 0 Å². The van der Waals surface area contributed by atoms with Crippen LogP contribution in [0.5, 0.6) is 0 Å². The monoisotopic (exact) mass is 263 g/mol. The van der Waals surface area contributed by atoms with E-state index in [4.69, 9.17) is 0 Å². The molecule has 0 aromatic carbocycles. The summed E-state index contributed by atoms with van der Waals surface area (Å²) >= 11 is 0. The summed E-state index contributed by atoms with van der Waals surface area (Å²) in [4.78, 5) is 2.06. The zero-order valence-corrected chi connectivity index (χ0v) is 12.1. The maximum atomic E-state index is 12.1. The average molecular weight is 263 g/mol. The van der Waals surface area contributed by atoms with Crippen molar-refractivity contribution in [2.45, 2.75) is 25.5 Å². The van der Waals surface area contributed by atoms with Gasteiger partial charge in [0, 0.05) is 19.6 Å². The predicted octanol–water partition coefficient (Wildman–Crippen LogP) is -0.144. The van der Waals surface area contributed by atoms with Crippen molar-refractivity contribution in [3.63, 3.8) is 0 Å². The van der Waals surface area contributed by atoms with Gasteiger partial charge >= 0.3 is 0 Å². The summed E-state index contributed by atoms with van der Waals surface area (Å²) < 4.78 is 26.9. The fourth-order valence-corrected chi connectivity index (χ4v) is 3.80. The largest absolute Gasteiger partial charge is 0.319 e. The Morgan fingerprint density at radius 1 is 1.35 bits per heavy atom. The Kier molecular flexibility index (Phi) is 4.95. The maximum absolute atomic E-state index is 12.1. The van der Waals surface area contributed by atoms with E-state index in [9.17, 15) is 8.42 Å². The molecule has 1 aliphatic rings. The summed E-state index contributed by atoms with van der Waals surface area (Å²) in [6, 6.07) is 0. The summed E-state index contributed by atoms with van der Waals surface area (Å²) in [5.41, 5.74) is -0.0632. The molecular formula is C11H25N3O2S. The molecule has 1 unspecified atom stereocenters. The molecule has 102 valence electrons. The second kappa shape index (κ2) is 5.65. The van der Waals surface area contributed by atoms with Crippen molar-refractivity contribution >= 4 is 10.0 Å². The molecule has 0 aliphatic carbocycles. The summed E-state index contributed by atoms with van der Waals surface area (Å²) in [6.45, 7) is 6.88. The van der Waals surface area contributed by atoms with Crippen LogP contribution in [0.2, 0.25) is 0 Å². The summed E-state index contributed by atoms with van der Waals surface area (Å²) in [5, 5.41) is 2.83. The average Bonchev–Trinajstić information content (AvgIpc) is 2.63. The summed E-state index contributed by atoms with van der Waals surface area (Å²) in [6.07, 6.45) is 0.734. The van der Waals surface area contributed by atoms with Crippen LogP contribution in [-0.2, 0) is 10.0 Å². The van der Waals surface area contributed by atoms with Crippen molar-refractivity contribution < 1.29 is 8.42 Å². The van der Waals surface area contributed by atoms with Crippen LogP contribution in [0.15, 0.2) is 0 Å². The Labute approximate surface area is 105 Å². The lowest BCUT2D eigenvalue weighted by Gasteiger charge is -2.25. The minimum atomic E-state index is -3.16. The van der Waals surface area contributed by atoms with Gasteiger partial charge in [0.25, 0.3) is 0 Å². The molecule has 1 heterocycles. The molecule has 0 amide bonds. The van der Waals surface area contributed by atoms with Crippen LogP contribution in [0.1, 0.15) is 20.3 Å². The molecule has 2 N–H and O–H groups in total. The van der Waals surface area contributed by atoms with Gasteiger partial charge in [0.15, 0.2) is 0 Å². The molecule has 17 heavy (non-hydrogen) atoms. The normalized spacial score (nSPS) is 23.2. The molecule has 1 fully saturated rings. The maximum Gasteiger partial charge on any atom is 0.215 e. The van der Waals surface area contributed by atoms with Gasteiger partial charge in [-0.1, -0.05) is 13.8 Å². The van der Waals surface area contributed by atoms with Crippen LogP contribution in [0.4, 0.5) is 0 Å². The topological polar surface area (TPSA) is 61.4 Å². The first-order valence-electron chi connectivity index (χ1n) is 6.08. The molecule has 0 saturated carbocycles. The highest BCUT2D eigenvalue weighted by Crippen LogP contribution is 2.17. The number of hydrogen-bond donors (Lipinski definition) is 2. The van der Waals surface area contributed by atoms with Crippen molar-refractivity contribution in [3.8, 4) is 0 Å². The second-order valence-electron chi connectivity index (χ2n) is 5.73. The Bertz CT molecular complexity index is 341. The molecule has 1 rings (SSSR count). The van der Waals surface area contributed by atoms with E-state index < -0.39 is 10.0 Å². The van der Waals surface area contributed by atoms with Crippen molar-refractivity contribution in [1.29, 1.82) is 0 Å². The third-order valence-electron chi connectivity index (χ3n) is 3.19. The lowest BCUT2D eigenvalue weighted by molar-refractivity contribution is 0.349. The van der Waals surface area contributed by atoms with E-state index in [1.807, 2.05) is 27.9 Å². The van der Waals surface area contributed by atoms with Crippen LogP contribution >= 0.6 is 0 Å². The van der Waals surface area contributed by atoms with Gasteiger partial charge in [0.1, 0.15) is 0 Å². The Hall–Kier alpha value is -0.170. The highest BCUT2D eigenvalue weighted by Gasteiger charge is 2.32. The minimum Gasteiger partial charge on any atom is -0.319 e. The molecule has 0 aromatic rings. The molecule has 0 aromatic heterocycles. The van der Waals surface area contributed by atoms with Gasteiger partial charge in [-0.25, -0.2) is 13.1 Å². The predicted molar refractivity (Wildman–Crippen MR) is 70.5 cm³/mol. The lowest BCUT2D eigenvalue weighted by Crippen LogP contribution is -2.43. The van der Waals surface area contributed by atoms with E-state index in [-0.39, 0.29) is 10.7 Å². The van der Waals surface area contributed by atoms with Crippen LogP contribution in [0.25, 0.3) is 0 Å². The molecular weight excluding hydrogens is 238 g/mol. The van der Waals surface area contributed by atoms with Gasteiger partial charge in [-0.15, -0.1) is 0 Å². The highest BCUT2D eigenvalue weighted by atomic mass is 32.2. The van der Waals surface area contributed by atoms with E-state index >= 15 is 0 Å². The summed E-state index contributed by atoms with van der Waals surface area (Å²) in [5.74, 6) is 0. The van der Waals surface area contributed by atoms with Crippen LogP contribution < -0.4 is 10.0 Å². The van der Waals surface area contributed by atoms with Crippen molar-refractivity contribution in [2.24, 2.45) is 5.41 Å². The minimum absolute atomic E-state index is 0.0632. The van der Waals surface area contributed by atoms with Gasteiger partial charge in [0.05, 0.1) is 5.25 Å². The van der Waals surface area contributed by atoms with E-state index in [0.717, 1.165) is 19.5 Å². The van der Waals surface area contributed by atoms with Crippen LogP contribution in [0, 0.1) is 5.41 Å².